The van der Waals surface area contributed by atoms with Crippen molar-refractivity contribution in [2.24, 2.45) is 0 Å². The van der Waals surface area contributed by atoms with Gasteiger partial charge in [-0.05, 0) is 68.3 Å². The molecule has 0 saturated heterocycles. The van der Waals surface area contributed by atoms with Crippen LogP contribution in [-0.2, 0) is 26.2 Å². The van der Waals surface area contributed by atoms with Crippen molar-refractivity contribution in [1.82, 2.24) is 10.2 Å². The Labute approximate surface area is 241 Å². The minimum atomic E-state index is -4.09. The van der Waals surface area contributed by atoms with Gasteiger partial charge in [0, 0.05) is 21.5 Å². The zero-order valence-corrected chi connectivity index (χ0v) is 25.5. The van der Waals surface area contributed by atoms with Crippen LogP contribution in [0.1, 0.15) is 32.8 Å². The number of nitrogens with one attached hydrogen (secondary N) is 1. The van der Waals surface area contributed by atoms with Crippen molar-refractivity contribution in [1.29, 1.82) is 0 Å². The summed E-state index contributed by atoms with van der Waals surface area (Å²) < 4.78 is 30.1. The van der Waals surface area contributed by atoms with Crippen LogP contribution in [0.3, 0.4) is 0 Å². The van der Waals surface area contributed by atoms with Crippen LogP contribution in [0.15, 0.2) is 92.7 Å². The van der Waals surface area contributed by atoms with Crippen LogP contribution in [0.2, 0.25) is 0 Å². The molecule has 2 amide bonds. The van der Waals surface area contributed by atoms with Crippen molar-refractivity contribution in [2.45, 2.75) is 50.7 Å². The molecular formula is C28H31Br2N3O4S. The zero-order chi connectivity index (χ0) is 27.9. The molecule has 0 unspecified atom stereocenters. The third kappa shape index (κ3) is 7.68. The van der Waals surface area contributed by atoms with Crippen LogP contribution in [0.25, 0.3) is 0 Å². The minimum absolute atomic E-state index is 0.0637. The predicted molar refractivity (Wildman–Crippen MR) is 157 cm³/mol. The van der Waals surface area contributed by atoms with E-state index < -0.39 is 28.5 Å². The van der Waals surface area contributed by atoms with E-state index in [-0.39, 0.29) is 23.4 Å². The molecule has 0 saturated carbocycles. The Hall–Kier alpha value is -2.69. The van der Waals surface area contributed by atoms with E-state index in [9.17, 15) is 18.0 Å². The van der Waals surface area contributed by atoms with Gasteiger partial charge in [-0.3, -0.25) is 13.9 Å². The average molecular weight is 665 g/mol. The Morgan fingerprint density at radius 1 is 0.895 bits per heavy atom. The van der Waals surface area contributed by atoms with E-state index in [0.29, 0.717) is 10.2 Å². The maximum atomic E-state index is 13.9. The van der Waals surface area contributed by atoms with Gasteiger partial charge in [-0.15, -0.1) is 0 Å². The molecule has 0 fully saturated rings. The molecule has 0 heterocycles. The molecule has 1 N–H and O–H groups in total. The Morgan fingerprint density at radius 2 is 1.55 bits per heavy atom. The van der Waals surface area contributed by atoms with Crippen LogP contribution in [-0.4, -0.2) is 43.8 Å². The molecule has 7 nitrogen and oxygen atoms in total. The van der Waals surface area contributed by atoms with Crippen LogP contribution < -0.4 is 9.62 Å². The summed E-state index contributed by atoms with van der Waals surface area (Å²) in [6.45, 7) is 5.17. The number of carbonyl (C=O) groups excluding carboxylic acids is 2. The molecule has 3 aromatic rings. The Morgan fingerprint density at radius 3 is 2.16 bits per heavy atom. The van der Waals surface area contributed by atoms with Crippen molar-refractivity contribution < 1.29 is 18.0 Å². The van der Waals surface area contributed by atoms with E-state index in [1.165, 1.54) is 17.0 Å². The largest absolute Gasteiger partial charge is 0.352 e. The highest BCUT2D eigenvalue weighted by atomic mass is 79.9. The molecule has 3 rings (SSSR count). The monoisotopic (exact) mass is 663 g/mol. The number of rotatable bonds is 11. The van der Waals surface area contributed by atoms with Crippen molar-refractivity contribution >= 4 is 59.4 Å². The van der Waals surface area contributed by atoms with E-state index in [0.717, 1.165) is 20.8 Å². The smallest absolute Gasteiger partial charge is 0.264 e. The second-order valence-corrected chi connectivity index (χ2v) is 12.6. The maximum Gasteiger partial charge on any atom is 0.264 e. The van der Waals surface area contributed by atoms with E-state index in [1.807, 2.05) is 38.1 Å². The highest BCUT2D eigenvalue weighted by Crippen LogP contribution is 2.27. The Balaban J connectivity index is 2.01. The summed E-state index contributed by atoms with van der Waals surface area (Å²) >= 11 is 6.81. The summed E-state index contributed by atoms with van der Waals surface area (Å²) in [6, 6.07) is 21.3. The molecule has 3 aromatic carbocycles. The van der Waals surface area contributed by atoms with Gasteiger partial charge in [0.1, 0.15) is 12.6 Å². The van der Waals surface area contributed by atoms with Crippen molar-refractivity contribution in [3.8, 4) is 0 Å². The summed E-state index contributed by atoms with van der Waals surface area (Å²) in [5.74, 6) is -0.802. The summed E-state index contributed by atoms with van der Waals surface area (Å²) in [6.07, 6.45) is 0.741. The van der Waals surface area contributed by atoms with Crippen LogP contribution in [0.4, 0.5) is 5.69 Å². The molecule has 0 aliphatic carbocycles. The lowest BCUT2D eigenvalue weighted by atomic mass is 10.1. The number of benzene rings is 3. The first kappa shape index (κ1) is 29.9. The molecule has 202 valence electrons. The van der Waals surface area contributed by atoms with Crippen molar-refractivity contribution in [3.05, 3.63) is 93.4 Å². The molecular weight excluding hydrogens is 634 g/mol. The van der Waals surface area contributed by atoms with Gasteiger partial charge in [0.2, 0.25) is 11.8 Å². The SMILES string of the molecule is CC[C@@H](C)NC(=O)[C@@H](C)N(Cc1ccc(Br)cc1)C(=O)CN(c1cccc(Br)c1)S(=O)(=O)c1ccccc1. The standard InChI is InChI=1S/C28H31Br2N3O4S/c1-4-20(2)31-28(35)21(3)32(18-22-13-15-23(29)16-14-22)27(34)19-33(25-10-8-9-24(30)17-25)38(36,37)26-11-6-5-7-12-26/h5-17,20-21H,4,18-19H2,1-3H3,(H,31,35)/t20-,21-/m1/s1. The Bertz CT molecular complexity index is 1350. The fourth-order valence-electron chi connectivity index (χ4n) is 3.71. The normalized spacial score (nSPS) is 12.9. The predicted octanol–water partition coefficient (Wildman–Crippen LogP) is 5.74. The second-order valence-electron chi connectivity index (χ2n) is 8.95. The molecule has 0 radical (unpaired) electrons. The molecule has 0 aliphatic rings. The summed E-state index contributed by atoms with van der Waals surface area (Å²) in [5, 5.41) is 2.93. The summed E-state index contributed by atoms with van der Waals surface area (Å²) in [5.41, 5.74) is 1.14. The molecule has 0 spiro atoms. The fraction of sp³-hybridized carbons (Fsp3) is 0.286. The first-order valence-electron chi connectivity index (χ1n) is 12.2. The van der Waals surface area contributed by atoms with Crippen LogP contribution in [0, 0.1) is 0 Å². The van der Waals surface area contributed by atoms with Gasteiger partial charge in [-0.2, -0.15) is 0 Å². The van der Waals surface area contributed by atoms with Crippen molar-refractivity contribution in [2.75, 3.05) is 10.8 Å². The topological polar surface area (TPSA) is 86.8 Å². The molecule has 0 aromatic heterocycles. The average Bonchev–Trinajstić information content (AvgIpc) is 2.91. The molecule has 0 aliphatic heterocycles. The fourth-order valence-corrected chi connectivity index (χ4v) is 5.79. The zero-order valence-electron chi connectivity index (χ0n) is 21.5. The van der Waals surface area contributed by atoms with Gasteiger partial charge in [0.05, 0.1) is 10.6 Å². The number of anilines is 1. The lowest BCUT2D eigenvalue weighted by molar-refractivity contribution is -0.139. The first-order valence-corrected chi connectivity index (χ1v) is 15.2. The number of hydrogen-bond acceptors (Lipinski definition) is 4. The highest BCUT2D eigenvalue weighted by molar-refractivity contribution is 9.10. The van der Waals surface area contributed by atoms with Gasteiger partial charge in [-0.25, -0.2) is 8.42 Å². The first-order chi connectivity index (χ1) is 18.0. The van der Waals surface area contributed by atoms with E-state index in [1.54, 1.807) is 49.4 Å². The quantitative estimate of drug-likeness (QED) is 0.283. The second kappa shape index (κ2) is 13.4. The van der Waals surface area contributed by atoms with Crippen LogP contribution >= 0.6 is 31.9 Å². The lowest BCUT2D eigenvalue weighted by Gasteiger charge is -2.32. The number of halogens is 2. The van der Waals surface area contributed by atoms with E-state index in [2.05, 4.69) is 37.2 Å². The Kier molecular flexibility index (Phi) is 10.5. The van der Waals surface area contributed by atoms with Gasteiger partial charge in [-0.1, -0.05) is 75.2 Å². The highest BCUT2D eigenvalue weighted by Gasteiger charge is 2.32. The number of nitrogens with zero attached hydrogens (tertiary/aromatic N) is 2. The maximum absolute atomic E-state index is 13.9. The molecule has 0 bridgehead atoms. The lowest BCUT2D eigenvalue weighted by Crippen LogP contribution is -2.52. The molecule has 38 heavy (non-hydrogen) atoms. The van der Waals surface area contributed by atoms with E-state index in [4.69, 9.17) is 0 Å². The van der Waals surface area contributed by atoms with Crippen LogP contribution in [0.5, 0.6) is 0 Å². The van der Waals surface area contributed by atoms with Gasteiger partial charge in [0.25, 0.3) is 10.0 Å². The van der Waals surface area contributed by atoms with Gasteiger partial charge >= 0.3 is 0 Å². The van der Waals surface area contributed by atoms with Gasteiger partial charge < -0.3 is 10.2 Å². The number of amides is 2. The van der Waals surface area contributed by atoms with E-state index >= 15 is 0 Å². The number of carbonyl (C=O) groups is 2. The van der Waals surface area contributed by atoms with Gasteiger partial charge in [0.15, 0.2) is 0 Å². The number of hydrogen-bond donors (Lipinski definition) is 1. The third-order valence-electron chi connectivity index (χ3n) is 6.14. The summed E-state index contributed by atoms with van der Waals surface area (Å²) in [7, 11) is -4.09. The molecule has 10 heteroatoms. The summed E-state index contributed by atoms with van der Waals surface area (Å²) in [4.78, 5) is 28.4. The minimum Gasteiger partial charge on any atom is -0.352 e. The third-order valence-corrected chi connectivity index (χ3v) is 8.95. The van der Waals surface area contributed by atoms with Crippen molar-refractivity contribution in [3.63, 3.8) is 0 Å². The number of sulfonamides is 1. The molecule has 2 atom stereocenters.